The van der Waals surface area contributed by atoms with Crippen LogP contribution in [-0.4, -0.2) is 21.0 Å². The van der Waals surface area contributed by atoms with Crippen LogP contribution in [0.15, 0.2) is 59.6 Å². The lowest BCUT2D eigenvalue weighted by molar-refractivity contribution is 0.350. The summed E-state index contributed by atoms with van der Waals surface area (Å²) in [5.74, 6) is 0.516. The SMILES string of the molecule is Brc1cn2ccnc2c(OC/C=C/c2ccccc2)n1. The summed E-state index contributed by atoms with van der Waals surface area (Å²) in [5.41, 5.74) is 1.85. The van der Waals surface area contributed by atoms with Crippen LogP contribution in [0.25, 0.3) is 11.7 Å². The number of benzene rings is 1. The largest absolute Gasteiger partial charge is 0.471 e. The molecule has 0 unspecified atom stereocenters. The van der Waals surface area contributed by atoms with Gasteiger partial charge in [0.2, 0.25) is 5.65 Å². The van der Waals surface area contributed by atoms with E-state index in [0.29, 0.717) is 22.7 Å². The third-order valence-electron chi connectivity index (χ3n) is 2.74. The van der Waals surface area contributed by atoms with Crippen molar-refractivity contribution in [3.63, 3.8) is 0 Å². The van der Waals surface area contributed by atoms with E-state index < -0.39 is 0 Å². The van der Waals surface area contributed by atoms with E-state index in [0.717, 1.165) is 5.56 Å². The second-order valence-corrected chi connectivity index (χ2v) is 4.96. The number of hydrogen-bond donors (Lipinski definition) is 0. The zero-order valence-corrected chi connectivity index (χ0v) is 12.2. The van der Waals surface area contributed by atoms with Gasteiger partial charge in [-0.1, -0.05) is 36.4 Å². The monoisotopic (exact) mass is 329 g/mol. The lowest BCUT2D eigenvalue weighted by Crippen LogP contribution is -1.99. The molecular formula is C15H12BrN3O. The molecule has 0 fully saturated rings. The number of aromatic nitrogens is 3. The standard InChI is InChI=1S/C15H12BrN3O/c16-13-11-19-9-8-17-14(19)15(18-13)20-10-4-7-12-5-2-1-3-6-12/h1-9,11H,10H2/b7-4+. The minimum absolute atomic E-state index is 0.445. The van der Waals surface area contributed by atoms with Crippen molar-refractivity contribution in [2.75, 3.05) is 6.61 Å². The Hall–Kier alpha value is -2.14. The van der Waals surface area contributed by atoms with E-state index in [1.807, 2.05) is 59.3 Å². The highest BCUT2D eigenvalue weighted by Crippen LogP contribution is 2.18. The molecule has 3 aromatic rings. The zero-order chi connectivity index (χ0) is 13.8. The van der Waals surface area contributed by atoms with Crippen molar-refractivity contribution in [2.45, 2.75) is 0 Å². The first kappa shape index (κ1) is 12.9. The summed E-state index contributed by atoms with van der Waals surface area (Å²) < 4.78 is 8.25. The third kappa shape index (κ3) is 2.88. The van der Waals surface area contributed by atoms with E-state index in [1.54, 1.807) is 6.20 Å². The van der Waals surface area contributed by atoms with Crippen molar-refractivity contribution in [1.82, 2.24) is 14.4 Å². The molecule has 0 saturated carbocycles. The van der Waals surface area contributed by atoms with Crippen molar-refractivity contribution in [2.24, 2.45) is 0 Å². The fourth-order valence-corrected chi connectivity index (χ4v) is 2.23. The van der Waals surface area contributed by atoms with E-state index in [1.165, 1.54) is 0 Å². The van der Waals surface area contributed by atoms with Crippen LogP contribution in [-0.2, 0) is 0 Å². The molecule has 0 spiro atoms. The Morgan fingerprint density at radius 2 is 2.10 bits per heavy atom. The van der Waals surface area contributed by atoms with Gasteiger partial charge in [-0.15, -0.1) is 0 Å². The molecule has 100 valence electrons. The summed E-state index contributed by atoms with van der Waals surface area (Å²) >= 11 is 3.36. The number of imidazole rings is 1. The fourth-order valence-electron chi connectivity index (χ4n) is 1.85. The summed E-state index contributed by atoms with van der Waals surface area (Å²) in [4.78, 5) is 8.52. The number of ether oxygens (including phenoxy) is 1. The summed E-state index contributed by atoms with van der Waals surface area (Å²) in [6.07, 6.45) is 9.39. The molecule has 0 aliphatic rings. The molecule has 0 atom stereocenters. The Labute approximate surface area is 124 Å². The van der Waals surface area contributed by atoms with Crippen LogP contribution in [0.3, 0.4) is 0 Å². The van der Waals surface area contributed by atoms with Gasteiger partial charge >= 0.3 is 0 Å². The minimum atomic E-state index is 0.445. The maximum Gasteiger partial charge on any atom is 0.259 e. The van der Waals surface area contributed by atoms with Gasteiger partial charge < -0.3 is 4.74 Å². The molecule has 4 nitrogen and oxygen atoms in total. The zero-order valence-electron chi connectivity index (χ0n) is 10.6. The molecule has 0 radical (unpaired) electrons. The van der Waals surface area contributed by atoms with Gasteiger partial charge in [0.05, 0.1) is 0 Å². The van der Waals surface area contributed by atoms with E-state index in [9.17, 15) is 0 Å². The first-order valence-electron chi connectivity index (χ1n) is 6.16. The van der Waals surface area contributed by atoms with Crippen LogP contribution < -0.4 is 4.74 Å². The maximum atomic E-state index is 5.67. The first-order valence-corrected chi connectivity index (χ1v) is 6.96. The fraction of sp³-hybridized carbons (Fsp3) is 0.0667. The van der Waals surface area contributed by atoms with Gasteiger partial charge in [-0.2, -0.15) is 0 Å². The van der Waals surface area contributed by atoms with Crippen molar-refractivity contribution in [3.8, 4) is 5.88 Å². The second-order valence-electron chi connectivity index (χ2n) is 4.15. The quantitative estimate of drug-likeness (QED) is 0.734. The average molecular weight is 330 g/mol. The van der Waals surface area contributed by atoms with E-state index in [2.05, 4.69) is 25.9 Å². The molecule has 1 aromatic carbocycles. The number of fused-ring (bicyclic) bond motifs is 1. The van der Waals surface area contributed by atoms with Gasteiger partial charge in [0, 0.05) is 18.6 Å². The lowest BCUT2D eigenvalue weighted by Gasteiger charge is -2.04. The molecular weight excluding hydrogens is 318 g/mol. The molecule has 20 heavy (non-hydrogen) atoms. The highest BCUT2D eigenvalue weighted by atomic mass is 79.9. The van der Waals surface area contributed by atoms with Gasteiger partial charge in [0.25, 0.3) is 5.88 Å². The van der Waals surface area contributed by atoms with Crippen molar-refractivity contribution >= 4 is 27.7 Å². The normalized spacial score (nSPS) is 11.2. The van der Waals surface area contributed by atoms with Crippen molar-refractivity contribution in [3.05, 3.63) is 65.2 Å². The predicted molar refractivity (Wildman–Crippen MR) is 81.7 cm³/mol. The van der Waals surface area contributed by atoms with Crippen molar-refractivity contribution < 1.29 is 4.74 Å². The molecule has 3 rings (SSSR count). The van der Waals surface area contributed by atoms with Gasteiger partial charge in [-0.25, -0.2) is 9.97 Å². The molecule has 0 N–H and O–H groups in total. The van der Waals surface area contributed by atoms with Gasteiger partial charge in [0.15, 0.2) is 0 Å². The van der Waals surface area contributed by atoms with Gasteiger partial charge in [-0.3, -0.25) is 4.40 Å². The average Bonchev–Trinajstić information content (AvgIpc) is 2.92. The van der Waals surface area contributed by atoms with Gasteiger partial charge in [0.1, 0.15) is 11.2 Å². The predicted octanol–water partition coefficient (Wildman–Crippen LogP) is 3.58. The van der Waals surface area contributed by atoms with Crippen LogP contribution in [0.1, 0.15) is 5.56 Å². The Morgan fingerprint density at radius 1 is 1.25 bits per heavy atom. The summed E-state index contributed by atoms with van der Waals surface area (Å²) in [7, 11) is 0. The van der Waals surface area contributed by atoms with E-state index >= 15 is 0 Å². The Bertz CT molecular complexity index is 737. The lowest BCUT2D eigenvalue weighted by atomic mass is 10.2. The van der Waals surface area contributed by atoms with E-state index in [4.69, 9.17) is 4.74 Å². The summed E-state index contributed by atoms with van der Waals surface area (Å²) in [6, 6.07) is 10.1. The number of hydrogen-bond acceptors (Lipinski definition) is 3. The maximum absolute atomic E-state index is 5.67. The minimum Gasteiger partial charge on any atom is -0.471 e. The number of rotatable bonds is 4. The summed E-state index contributed by atoms with van der Waals surface area (Å²) in [6.45, 7) is 0.445. The molecule has 0 aliphatic carbocycles. The van der Waals surface area contributed by atoms with Crippen LogP contribution in [0.5, 0.6) is 5.88 Å². The molecule has 0 bridgehead atoms. The van der Waals surface area contributed by atoms with Crippen LogP contribution in [0.2, 0.25) is 0 Å². The topological polar surface area (TPSA) is 39.4 Å². The molecule has 0 aliphatic heterocycles. The molecule has 0 saturated heterocycles. The first-order chi connectivity index (χ1) is 9.83. The van der Waals surface area contributed by atoms with Crippen LogP contribution in [0, 0.1) is 0 Å². The Kier molecular flexibility index (Phi) is 3.78. The summed E-state index contributed by atoms with van der Waals surface area (Å²) in [5, 5.41) is 0. The van der Waals surface area contributed by atoms with Crippen LogP contribution >= 0.6 is 15.9 Å². The second kappa shape index (κ2) is 5.88. The van der Waals surface area contributed by atoms with E-state index in [-0.39, 0.29) is 0 Å². The number of halogens is 1. The number of nitrogens with zero attached hydrogens (tertiary/aromatic N) is 3. The molecule has 2 heterocycles. The molecule has 5 heteroatoms. The Morgan fingerprint density at radius 3 is 2.95 bits per heavy atom. The van der Waals surface area contributed by atoms with Crippen LogP contribution in [0.4, 0.5) is 0 Å². The van der Waals surface area contributed by atoms with Gasteiger partial charge in [-0.05, 0) is 27.6 Å². The Balaban J connectivity index is 1.71. The highest BCUT2D eigenvalue weighted by Gasteiger charge is 2.06. The third-order valence-corrected chi connectivity index (χ3v) is 3.12. The molecule has 0 amide bonds. The molecule has 2 aromatic heterocycles. The highest BCUT2D eigenvalue weighted by molar-refractivity contribution is 9.10. The smallest absolute Gasteiger partial charge is 0.259 e. The van der Waals surface area contributed by atoms with Crippen molar-refractivity contribution in [1.29, 1.82) is 0 Å².